The van der Waals surface area contributed by atoms with Crippen LogP contribution in [-0.2, 0) is 33.4 Å². The number of ether oxygens (including phenoxy) is 1. The number of carbonyl (C=O) groups excluding carboxylic acids is 2. The second-order valence-corrected chi connectivity index (χ2v) is 10.6. The first-order valence-electron chi connectivity index (χ1n) is 12.6. The van der Waals surface area contributed by atoms with Gasteiger partial charge in [-0.05, 0) is 90.0 Å². The third kappa shape index (κ3) is 5.37. The van der Waals surface area contributed by atoms with Crippen molar-refractivity contribution in [3.05, 3.63) is 82.7 Å². The largest absolute Gasteiger partial charge is 0.469 e. The molecule has 0 aliphatic heterocycles. The zero-order chi connectivity index (χ0) is 28.6. The van der Waals surface area contributed by atoms with Crippen LogP contribution in [0.25, 0.3) is 22.3 Å². The van der Waals surface area contributed by atoms with E-state index in [2.05, 4.69) is 5.32 Å². The van der Waals surface area contributed by atoms with Gasteiger partial charge in [0.1, 0.15) is 17.2 Å². The van der Waals surface area contributed by atoms with E-state index in [0.29, 0.717) is 44.8 Å². The number of furan rings is 1. The molecule has 0 atom stereocenters. The highest BCUT2D eigenvalue weighted by molar-refractivity contribution is 7.74. The van der Waals surface area contributed by atoms with Gasteiger partial charge in [-0.2, -0.15) is 0 Å². The summed E-state index contributed by atoms with van der Waals surface area (Å²) in [5.41, 5.74) is 10.1. The summed E-state index contributed by atoms with van der Waals surface area (Å²) in [6.45, 7) is 0.00392. The minimum absolute atomic E-state index is 0.00392. The number of methoxy groups -OCH3 is 1. The quantitative estimate of drug-likeness (QED) is 0.157. The fraction of sp³-hybridized carbons (Fsp3) is 0.241. The van der Waals surface area contributed by atoms with Crippen molar-refractivity contribution in [2.24, 2.45) is 0 Å². The number of nitrogen functional groups attached to an aromatic ring is 1. The maximum Gasteiger partial charge on any atom is 0.310 e. The number of hydrogen-bond donors (Lipinski definition) is 3. The lowest BCUT2D eigenvalue weighted by atomic mass is 9.97. The molecular formula is C29H28FN3O6S. The second kappa shape index (κ2) is 11.0. The van der Waals surface area contributed by atoms with E-state index in [1.807, 2.05) is 6.07 Å². The summed E-state index contributed by atoms with van der Waals surface area (Å²) in [7, 11) is -0.280. The summed E-state index contributed by atoms with van der Waals surface area (Å²) in [6, 6.07) is 14.0. The van der Waals surface area contributed by atoms with Gasteiger partial charge in [0.2, 0.25) is 10.9 Å². The van der Waals surface area contributed by atoms with Crippen molar-refractivity contribution in [2.45, 2.75) is 31.7 Å². The van der Waals surface area contributed by atoms with Gasteiger partial charge in [-0.1, -0.05) is 0 Å². The van der Waals surface area contributed by atoms with Crippen LogP contribution < -0.4 is 15.4 Å². The molecule has 3 N–H and O–H groups in total. The molecule has 4 aromatic rings. The zero-order valence-electron chi connectivity index (χ0n) is 21.9. The van der Waals surface area contributed by atoms with Gasteiger partial charge in [0, 0.05) is 23.7 Å². The molecular weight excluding hydrogens is 537 g/mol. The molecule has 0 spiro atoms. The number of carbonyl (C=O) groups is 2. The summed E-state index contributed by atoms with van der Waals surface area (Å²) in [6.07, 6.45) is 1.77. The lowest BCUT2D eigenvalue weighted by Gasteiger charge is -2.21. The van der Waals surface area contributed by atoms with Gasteiger partial charge in [0.15, 0.2) is 0 Å². The molecule has 0 bridgehead atoms. The molecule has 0 saturated heterocycles. The topological polar surface area (TPSA) is 132 Å². The smallest absolute Gasteiger partial charge is 0.310 e. The van der Waals surface area contributed by atoms with Crippen LogP contribution in [0.15, 0.2) is 59.0 Å². The van der Waals surface area contributed by atoms with E-state index < -0.39 is 22.7 Å². The average Bonchev–Trinajstić information content (AvgIpc) is 3.72. The molecule has 40 heavy (non-hydrogen) atoms. The van der Waals surface area contributed by atoms with E-state index in [9.17, 15) is 22.4 Å². The summed E-state index contributed by atoms with van der Waals surface area (Å²) in [4.78, 5) is 24.8. The molecule has 1 saturated carbocycles. The number of rotatable bonds is 9. The van der Waals surface area contributed by atoms with Gasteiger partial charge in [-0.15, -0.1) is 0 Å². The maximum atomic E-state index is 13.6. The first-order valence-corrected chi connectivity index (χ1v) is 13.8. The van der Waals surface area contributed by atoms with Gasteiger partial charge < -0.3 is 20.2 Å². The Kier molecular flexibility index (Phi) is 7.49. The van der Waals surface area contributed by atoms with Crippen molar-refractivity contribution in [1.29, 1.82) is 0 Å². The van der Waals surface area contributed by atoms with Crippen molar-refractivity contribution in [3.8, 4) is 11.3 Å². The number of halogens is 1. The molecule has 1 heterocycles. The number of hydrogen-bond acceptors (Lipinski definition) is 7. The Balaban J connectivity index is 1.61. The first-order chi connectivity index (χ1) is 19.2. The molecule has 1 aromatic heterocycles. The lowest BCUT2D eigenvalue weighted by Crippen LogP contribution is -2.22. The predicted molar refractivity (Wildman–Crippen MR) is 150 cm³/mol. The van der Waals surface area contributed by atoms with E-state index in [0.717, 1.165) is 24.0 Å². The van der Waals surface area contributed by atoms with Crippen LogP contribution in [0.3, 0.4) is 0 Å². The van der Waals surface area contributed by atoms with Crippen LogP contribution >= 0.6 is 0 Å². The second-order valence-electron chi connectivity index (χ2n) is 9.65. The minimum atomic E-state index is -3.07. The SMILES string of the molecule is CNC(=O)c1c(-c2ccc(F)cc2)oc2cc(CN(c3ccc(N)c(CC(=O)OC)c3)[SH](=O)=O)c(C3CC3)cc12. The number of benzene rings is 3. The number of esters is 1. The number of nitrogens with zero attached hydrogens (tertiary/aromatic N) is 1. The minimum Gasteiger partial charge on any atom is -0.469 e. The van der Waals surface area contributed by atoms with E-state index >= 15 is 0 Å². The number of amides is 1. The standard InChI is InChI=1S/C29H28FN3O6S/c1-32-29(35)27-23-14-22(16-3-4-16)19(12-25(23)39-28(27)17-5-7-20(30)8-6-17)15-33(40(36)37)21-9-10-24(31)18(11-21)13-26(34)38-2/h5-12,14,16,40H,3-4,13,15,31H2,1-2H3,(H,32,35). The van der Waals surface area contributed by atoms with E-state index in [4.69, 9.17) is 14.9 Å². The fourth-order valence-electron chi connectivity index (χ4n) is 4.81. The summed E-state index contributed by atoms with van der Waals surface area (Å²) < 4.78 is 50.6. The lowest BCUT2D eigenvalue weighted by molar-refractivity contribution is -0.139. The Bertz CT molecular complexity index is 1680. The van der Waals surface area contributed by atoms with Crippen LogP contribution in [0.4, 0.5) is 15.8 Å². The van der Waals surface area contributed by atoms with E-state index in [-0.39, 0.29) is 24.8 Å². The zero-order valence-corrected chi connectivity index (χ0v) is 22.8. The predicted octanol–water partition coefficient (Wildman–Crippen LogP) is 4.31. The molecule has 1 fully saturated rings. The van der Waals surface area contributed by atoms with Crippen LogP contribution in [0, 0.1) is 5.82 Å². The van der Waals surface area contributed by atoms with Crippen molar-refractivity contribution in [3.63, 3.8) is 0 Å². The molecule has 208 valence electrons. The Labute approximate surface area is 231 Å². The molecule has 3 aromatic carbocycles. The number of nitrogens with two attached hydrogens (primary N) is 1. The van der Waals surface area contributed by atoms with Crippen molar-refractivity contribution >= 4 is 45.1 Å². The Morgan fingerprint density at radius 1 is 1.10 bits per heavy atom. The van der Waals surface area contributed by atoms with Crippen molar-refractivity contribution in [1.82, 2.24) is 5.32 Å². The van der Waals surface area contributed by atoms with E-state index in [1.165, 1.54) is 30.6 Å². The highest BCUT2D eigenvalue weighted by Gasteiger charge is 2.30. The van der Waals surface area contributed by atoms with E-state index in [1.54, 1.807) is 36.4 Å². The molecule has 5 rings (SSSR count). The summed E-state index contributed by atoms with van der Waals surface area (Å²) in [5, 5.41) is 3.24. The van der Waals surface area contributed by atoms with Crippen molar-refractivity contribution < 1.29 is 31.6 Å². The molecule has 1 aliphatic rings. The van der Waals surface area contributed by atoms with Crippen LogP contribution in [0.1, 0.15) is 45.8 Å². The fourth-order valence-corrected chi connectivity index (χ4v) is 5.39. The monoisotopic (exact) mass is 565 g/mol. The average molecular weight is 566 g/mol. The van der Waals surface area contributed by atoms with Crippen LogP contribution in [0.2, 0.25) is 0 Å². The summed E-state index contributed by atoms with van der Waals surface area (Å²) in [5.74, 6) is -0.745. The molecule has 1 amide bonds. The van der Waals surface area contributed by atoms with Gasteiger partial charge in [0.25, 0.3) is 5.91 Å². The summed E-state index contributed by atoms with van der Waals surface area (Å²) >= 11 is 0. The first kappa shape index (κ1) is 27.2. The highest BCUT2D eigenvalue weighted by Crippen LogP contribution is 2.45. The van der Waals surface area contributed by atoms with Crippen LogP contribution in [0.5, 0.6) is 0 Å². The number of anilines is 2. The Hall–Kier alpha value is -4.38. The number of thiol groups is 1. The Morgan fingerprint density at radius 3 is 2.45 bits per heavy atom. The normalized spacial score (nSPS) is 13.0. The van der Waals surface area contributed by atoms with Gasteiger partial charge in [0.05, 0.1) is 31.3 Å². The van der Waals surface area contributed by atoms with Gasteiger partial charge >= 0.3 is 5.97 Å². The van der Waals surface area contributed by atoms with Crippen molar-refractivity contribution in [2.75, 3.05) is 24.2 Å². The Morgan fingerprint density at radius 2 is 1.82 bits per heavy atom. The maximum absolute atomic E-state index is 13.6. The van der Waals surface area contributed by atoms with Gasteiger partial charge in [-0.25, -0.2) is 12.8 Å². The molecule has 11 heteroatoms. The van der Waals surface area contributed by atoms with Gasteiger partial charge in [-0.3, -0.25) is 13.9 Å². The highest BCUT2D eigenvalue weighted by atomic mass is 32.2. The number of nitrogens with one attached hydrogen (secondary N) is 1. The molecule has 9 nitrogen and oxygen atoms in total. The third-order valence-electron chi connectivity index (χ3n) is 7.03. The molecule has 1 aliphatic carbocycles. The molecule has 0 unspecified atom stereocenters. The molecule has 0 radical (unpaired) electrons. The third-order valence-corrected chi connectivity index (χ3v) is 7.80. The van der Waals surface area contributed by atoms with Crippen LogP contribution in [-0.4, -0.2) is 34.5 Å². The number of fused-ring (bicyclic) bond motifs is 1.